The largest absolute Gasteiger partial charge is 0.497 e. The van der Waals surface area contributed by atoms with Crippen LogP contribution in [-0.2, 0) is 0 Å². The van der Waals surface area contributed by atoms with Crippen molar-refractivity contribution in [3.8, 4) is 11.5 Å². The molecule has 0 aromatic heterocycles. The van der Waals surface area contributed by atoms with Crippen molar-refractivity contribution >= 4 is 15.9 Å². The molecule has 0 aliphatic carbocycles. The molecule has 0 N–H and O–H groups in total. The van der Waals surface area contributed by atoms with Gasteiger partial charge in [0.2, 0.25) is 0 Å². The summed E-state index contributed by atoms with van der Waals surface area (Å²) in [5.41, 5.74) is 1.32. The molecule has 0 saturated carbocycles. The van der Waals surface area contributed by atoms with Gasteiger partial charge in [-0.15, -0.1) is 0 Å². The minimum absolute atomic E-state index is 0.392. The second-order valence-electron chi connectivity index (χ2n) is 4.54. The number of ether oxygens (including phenoxy) is 2. The Kier molecular flexibility index (Phi) is 5.93. The zero-order valence-electron chi connectivity index (χ0n) is 11.6. The Morgan fingerprint density at radius 1 is 0.950 bits per heavy atom. The average molecular weight is 335 g/mol. The van der Waals surface area contributed by atoms with Crippen molar-refractivity contribution in [3.63, 3.8) is 0 Å². The average Bonchev–Trinajstić information content (AvgIpc) is 2.53. The van der Waals surface area contributed by atoms with Crippen molar-refractivity contribution in [2.75, 3.05) is 13.7 Å². The topological polar surface area (TPSA) is 18.5 Å². The standard InChI is InChI=1S/C17H19BrO2/c1-19-15-9-11-16(12-10-15)20-13-5-8-17(18)14-6-3-2-4-7-14/h2-4,6-7,9-12,17H,5,8,13H2,1H3. The molecule has 0 fully saturated rings. The fraction of sp³-hybridized carbons (Fsp3) is 0.294. The van der Waals surface area contributed by atoms with Gasteiger partial charge in [-0.05, 0) is 42.7 Å². The zero-order chi connectivity index (χ0) is 14.2. The SMILES string of the molecule is COc1ccc(OCCCC(Br)c2ccccc2)cc1. The first-order chi connectivity index (χ1) is 9.79. The molecule has 0 saturated heterocycles. The molecule has 0 aliphatic rings. The van der Waals surface area contributed by atoms with Gasteiger partial charge >= 0.3 is 0 Å². The molecule has 0 amide bonds. The Hall–Kier alpha value is -1.48. The Bertz CT molecular complexity index is 496. The first-order valence-electron chi connectivity index (χ1n) is 6.75. The maximum atomic E-state index is 5.72. The highest BCUT2D eigenvalue weighted by Gasteiger charge is 2.06. The van der Waals surface area contributed by atoms with E-state index in [4.69, 9.17) is 9.47 Å². The van der Waals surface area contributed by atoms with Gasteiger partial charge in [-0.3, -0.25) is 0 Å². The van der Waals surface area contributed by atoms with Crippen LogP contribution < -0.4 is 9.47 Å². The number of halogens is 1. The zero-order valence-corrected chi connectivity index (χ0v) is 13.2. The third-order valence-electron chi connectivity index (χ3n) is 3.09. The van der Waals surface area contributed by atoms with Crippen molar-refractivity contribution in [2.45, 2.75) is 17.7 Å². The highest BCUT2D eigenvalue weighted by Crippen LogP contribution is 2.27. The summed E-state index contributed by atoms with van der Waals surface area (Å²) in [6.07, 6.45) is 2.07. The van der Waals surface area contributed by atoms with Crippen molar-refractivity contribution in [2.24, 2.45) is 0 Å². The molecule has 0 bridgehead atoms. The number of rotatable bonds is 7. The monoisotopic (exact) mass is 334 g/mol. The van der Waals surface area contributed by atoms with Gasteiger partial charge in [-0.1, -0.05) is 46.3 Å². The molecule has 20 heavy (non-hydrogen) atoms. The van der Waals surface area contributed by atoms with Crippen molar-refractivity contribution in [1.29, 1.82) is 0 Å². The first kappa shape index (κ1) is 14.9. The van der Waals surface area contributed by atoms with E-state index in [0.717, 1.165) is 30.9 Å². The summed E-state index contributed by atoms with van der Waals surface area (Å²) < 4.78 is 10.8. The highest BCUT2D eigenvalue weighted by atomic mass is 79.9. The molecule has 0 radical (unpaired) electrons. The number of alkyl halides is 1. The van der Waals surface area contributed by atoms with Crippen LogP contribution in [0.5, 0.6) is 11.5 Å². The second kappa shape index (κ2) is 7.95. The van der Waals surface area contributed by atoms with Crippen LogP contribution in [0, 0.1) is 0 Å². The summed E-state index contributed by atoms with van der Waals surface area (Å²) in [6.45, 7) is 0.723. The predicted octanol–water partition coefficient (Wildman–Crippen LogP) is 4.99. The molecule has 1 unspecified atom stereocenters. The van der Waals surface area contributed by atoms with E-state index in [1.165, 1.54) is 5.56 Å². The molecule has 1 atom stereocenters. The summed E-state index contributed by atoms with van der Waals surface area (Å²) in [6, 6.07) is 18.1. The van der Waals surface area contributed by atoms with Crippen LogP contribution in [0.15, 0.2) is 54.6 Å². The van der Waals surface area contributed by atoms with Crippen molar-refractivity contribution in [1.82, 2.24) is 0 Å². The van der Waals surface area contributed by atoms with Gasteiger partial charge < -0.3 is 9.47 Å². The van der Waals surface area contributed by atoms with Gasteiger partial charge in [0.05, 0.1) is 13.7 Å². The molecule has 2 aromatic rings. The van der Waals surface area contributed by atoms with Crippen LogP contribution in [-0.4, -0.2) is 13.7 Å². The smallest absolute Gasteiger partial charge is 0.119 e. The molecule has 2 aromatic carbocycles. The first-order valence-corrected chi connectivity index (χ1v) is 7.67. The Morgan fingerprint density at radius 2 is 1.60 bits per heavy atom. The molecule has 0 aliphatic heterocycles. The summed E-state index contributed by atoms with van der Waals surface area (Å²) >= 11 is 3.72. The second-order valence-corrected chi connectivity index (χ2v) is 5.65. The minimum Gasteiger partial charge on any atom is -0.497 e. The Labute approximate surface area is 128 Å². The fourth-order valence-electron chi connectivity index (χ4n) is 1.95. The summed E-state index contributed by atoms with van der Waals surface area (Å²) in [5, 5.41) is 0. The van der Waals surface area contributed by atoms with E-state index in [0.29, 0.717) is 4.83 Å². The number of hydrogen-bond donors (Lipinski definition) is 0. The van der Waals surface area contributed by atoms with Gasteiger partial charge in [0, 0.05) is 4.83 Å². The molecule has 2 rings (SSSR count). The minimum atomic E-state index is 0.392. The Morgan fingerprint density at radius 3 is 2.25 bits per heavy atom. The molecule has 0 spiro atoms. The van der Waals surface area contributed by atoms with Crippen LogP contribution in [0.4, 0.5) is 0 Å². The van der Waals surface area contributed by atoms with Crippen LogP contribution in [0.3, 0.4) is 0 Å². The molecule has 106 valence electrons. The van der Waals surface area contributed by atoms with Crippen LogP contribution >= 0.6 is 15.9 Å². The lowest BCUT2D eigenvalue weighted by atomic mass is 10.1. The van der Waals surface area contributed by atoms with Crippen LogP contribution in [0.1, 0.15) is 23.2 Å². The van der Waals surface area contributed by atoms with Crippen LogP contribution in [0.2, 0.25) is 0 Å². The number of benzene rings is 2. The third-order valence-corrected chi connectivity index (χ3v) is 4.08. The summed E-state index contributed by atoms with van der Waals surface area (Å²) in [4.78, 5) is 0.392. The quantitative estimate of drug-likeness (QED) is 0.524. The lowest BCUT2D eigenvalue weighted by molar-refractivity contribution is 0.306. The van der Waals surface area contributed by atoms with E-state index in [1.54, 1.807) is 7.11 Å². The van der Waals surface area contributed by atoms with E-state index in [2.05, 4.69) is 40.2 Å². The number of methoxy groups -OCH3 is 1. The van der Waals surface area contributed by atoms with Crippen molar-refractivity contribution < 1.29 is 9.47 Å². The van der Waals surface area contributed by atoms with Gasteiger partial charge in [0.15, 0.2) is 0 Å². The van der Waals surface area contributed by atoms with Gasteiger partial charge in [-0.25, -0.2) is 0 Å². The maximum Gasteiger partial charge on any atom is 0.119 e. The number of hydrogen-bond acceptors (Lipinski definition) is 2. The normalized spacial score (nSPS) is 11.9. The van der Waals surface area contributed by atoms with E-state index in [1.807, 2.05) is 30.3 Å². The van der Waals surface area contributed by atoms with E-state index in [-0.39, 0.29) is 0 Å². The van der Waals surface area contributed by atoms with Crippen LogP contribution in [0.25, 0.3) is 0 Å². The lowest BCUT2D eigenvalue weighted by Crippen LogP contribution is -1.99. The predicted molar refractivity (Wildman–Crippen MR) is 85.8 cm³/mol. The maximum absolute atomic E-state index is 5.72. The highest BCUT2D eigenvalue weighted by molar-refractivity contribution is 9.09. The summed E-state index contributed by atoms with van der Waals surface area (Å²) in [5.74, 6) is 1.73. The third kappa shape index (κ3) is 4.57. The van der Waals surface area contributed by atoms with Gasteiger partial charge in [0.1, 0.15) is 11.5 Å². The van der Waals surface area contributed by atoms with E-state index < -0.39 is 0 Å². The van der Waals surface area contributed by atoms with Gasteiger partial charge in [0.25, 0.3) is 0 Å². The van der Waals surface area contributed by atoms with E-state index >= 15 is 0 Å². The molecule has 2 nitrogen and oxygen atoms in total. The molecule has 3 heteroatoms. The lowest BCUT2D eigenvalue weighted by Gasteiger charge is -2.11. The molecular weight excluding hydrogens is 316 g/mol. The van der Waals surface area contributed by atoms with Gasteiger partial charge in [-0.2, -0.15) is 0 Å². The van der Waals surface area contributed by atoms with Crippen molar-refractivity contribution in [3.05, 3.63) is 60.2 Å². The summed E-state index contributed by atoms with van der Waals surface area (Å²) in [7, 11) is 1.66. The van der Waals surface area contributed by atoms with E-state index in [9.17, 15) is 0 Å². The molecular formula is C17H19BrO2. The molecule has 0 heterocycles. The fourth-order valence-corrected chi connectivity index (χ4v) is 2.58. The Balaban J connectivity index is 1.70.